The summed E-state index contributed by atoms with van der Waals surface area (Å²) in [5.74, 6) is 1.89. The molecule has 2 heterocycles. The van der Waals surface area contributed by atoms with Gasteiger partial charge in [-0.15, -0.1) is 21.5 Å². The van der Waals surface area contributed by atoms with E-state index >= 15 is 0 Å². The van der Waals surface area contributed by atoms with Gasteiger partial charge in [0.05, 0.1) is 12.4 Å². The monoisotopic (exact) mass is 451 g/mol. The van der Waals surface area contributed by atoms with Gasteiger partial charge in [-0.2, -0.15) is 0 Å². The Morgan fingerprint density at radius 2 is 2.24 bits per heavy atom. The minimum atomic E-state index is -0.108. The number of carbonyl (C=O) groups is 1. The Morgan fingerprint density at radius 3 is 2.97 bits per heavy atom. The molecular weight excluding hydrogens is 430 g/mol. The van der Waals surface area contributed by atoms with Crippen LogP contribution in [0, 0.1) is 6.92 Å². The lowest BCUT2D eigenvalue weighted by Crippen LogP contribution is -2.14. The molecule has 0 fully saturated rings. The Kier molecular flexibility index (Phi) is 7.91. The quantitative estimate of drug-likeness (QED) is 0.362. The smallest absolute Gasteiger partial charge is 0.236 e. The third-order valence-corrected chi connectivity index (χ3v) is 5.95. The maximum Gasteiger partial charge on any atom is 0.236 e. The summed E-state index contributed by atoms with van der Waals surface area (Å²) in [5, 5.41) is 15.2. The van der Waals surface area contributed by atoms with Gasteiger partial charge in [-0.25, -0.2) is 4.98 Å². The first-order valence-corrected chi connectivity index (χ1v) is 11.4. The van der Waals surface area contributed by atoms with Crippen molar-refractivity contribution in [2.75, 3.05) is 17.7 Å². The molecule has 0 spiro atoms. The Bertz CT molecular complexity index is 946. The van der Waals surface area contributed by atoms with Gasteiger partial charge in [0.2, 0.25) is 5.91 Å². The molecule has 3 aromatic rings. The lowest BCUT2D eigenvalue weighted by atomic mass is 10.2. The van der Waals surface area contributed by atoms with Crippen LogP contribution >= 0.6 is 34.7 Å². The average molecular weight is 452 g/mol. The highest BCUT2D eigenvalue weighted by atomic mass is 35.5. The molecule has 0 saturated heterocycles. The molecular formula is C19H22ClN5O2S2. The second kappa shape index (κ2) is 10.6. The molecule has 0 atom stereocenters. The number of nitrogens with one attached hydrogen (secondary N) is 1. The number of ether oxygens (including phenoxy) is 1. The lowest BCUT2D eigenvalue weighted by Gasteiger charge is -2.10. The van der Waals surface area contributed by atoms with Crippen LogP contribution in [-0.2, 0) is 17.8 Å². The van der Waals surface area contributed by atoms with Crippen LogP contribution in [0.5, 0.6) is 5.75 Å². The minimum absolute atomic E-state index is 0.108. The second-order valence-corrected chi connectivity index (χ2v) is 8.45. The Labute approximate surface area is 182 Å². The van der Waals surface area contributed by atoms with Gasteiger partial charge in [-0.05, 0) is 44.0 Å². The molecule has 0 bridgehead atoms. The van der Waals surface area contributed by atoms with E-state index in [0.717, 1.165) is 41.7 Å². The number of thioether (sulfide) groups is 1. The number of nitrogens with zero attached hydrogens (tertiary/aromatic N) is 4. The summed E-state index contributed by atoms with van der Waals surface area (Å²) in [6.45, 7) is 5.34. The topological polar surface area (TPSA) is 81.9 Å². The average Bonchev–Trinajstić information content (AvgIpc) is 3.34. The molecule has 7 nitrogen and oxygen atoms in total. The van der Waals surface area contributed by atoms with Gasteiger partial charge in [-0.3, -0.25) is 4.79 Å². The van der Waals surface area contributed by atoms with Crippen LogP contribution in [0.15, 0.2) is 34.9 Å². The van der Waals surface area contributed by atoms with E-state index in [9.17, 15) is 4.79 Å². The van der Waals surface area contributed by atoms with Crippen molar-refractivity contribution in [1.29, 1.82) is 0 Å². The summed E-state index contributed by atoms with van der Waals surface area (Å²) < 4.78 is 7.88. The molecule has 0 unspecified atom stereocenters. The summed E-state index contributed by atoms with van der Waals surface area (Å²) in [7, 11) is 0. The van der Waals surface area contributed by atoms with Gasteiger partial charge in [0.15, 0.2) is 10.3 Å². The van der Waals surface area contributed by atoms with Gasteiger partial charge >= 0.3 is 0 Å². The maximum absolute atomic E-state index is 12.0. The fourth-order valence-electron chi connectivity index (χ4n) is 2.69. The first-order valence-electron chi connectivity index (χ1n) is 9.20. The number of aromatic nitrogens is 4. The van der Waals surface area contributed by atoms with E-state index in [1.54, 1.807) is 6.20 Å². The zero-order valence-electron chi connectivity index (χ0n) is 16.2. The normalized spacial score (nSPS) is 10.9. The Hall–Kier alpha value is -2.10. The Morgan fingerprint density at radius 1 is 1.38 bits per heavy atom. The number of halogens is 1. The SMILES string of the molecule is CCn1c(CCCOc2ccc(Cl)cc2C)nnc1SCC(=O)Nc1nccs1. The molecule has 0 saturated carbocycles. The van der Waals surface area contributed by atoms with E-state index in [1.807, 2.05) is 42.0 Å². The van der Waals surface area contributed by atoms with Gasteiger partial charge in [-0.1, -0.05) is 23.4 Å². The number of carbonyl (C=O) groups excluding carboxylic acids is 1. The standard InChI is InChI=1S/C19H22ClN5O2S2/c1-3-25-16(5-4-9-27-15-7-6-14(20)11-13(15)2)23-24-19(25)29-12-17(26)22-18-21-8-10-28-18/h6-8,10-11H,3-5,9,12H2,1-2H3,(H,21,22,26). The predicted molar refractivity (Wildman–Crippen MR) is 117 cm³/mol. The zero-order valence-corrected chi connectivity index (χ0v) is 18.6. The summed E-state index contributed by atoms with van der Waals surface area (Å²) >= 11 is 8.74. The second-order valence-electron chi connectivity index (χ2n) is 6.18. The van der Waals surface area contributed by atoms with Crippen molar-refractivity contribution >= 4 is 45.7 Å². The Balaban J connectivity index is 1.47. The predicted octanol–water partition coefficient (Wildman–Crippen LogP) is 4.46. The largest absolute Gasteiger partial charge is 0.493 e. The molecule has 29 heavy (non-hydrogen) atoms. The van der Waals surface area contributed by atoms with E-state index in [4.69, 9.17) is 16.3 Å². The fraction of sp³-hybridized carbons (Fsp3) is 0.368. The molecule has 0 aliphatic rings. The highest BCUT2D eigenvalue weighted by Crippen LogP contribution is 2.22. The van der Waals surface area contributed by atoms with Crippen molar-refractivity contribution in [3.63, 3.8) is 0 Å². The van der Waals surface area contributed by atoms with Gasteiger partial charge in [0.25, 0.3) is 0 Å². The zero-order chi connectivity index (χ0) is 20.6. The van der Waals surface area contributed by atoms with Gasteiger partial charge in [0.1, 0.15) is 11.6 Å². The highest BCUT2D eigenvalue weighted by molar-refractivity contribution is 7.99. The molecule has 1 N–H and O–H groups in total. The van der Waals surface area contributed by atoms with E-state index in [2.05, 4.69) is 20.5 Å². The van der Waals surface area contributed by atoms with Gasteiger partial charge < -0.3 is 14.6 Å². The summed E-state index contributed by atoms with van der Waals surface area (Å²) in [6.07, 6.45) is 3.22. The molecule has 10 heteroatoms. The van der Waals surface area contributed by atoms with Crippen molar-refractivity contribution in [2.24, 2.45) is 0 Å². The van der Waals surface area contributed by atoms with Crippen LogP contribution in [0.25, 0.3) is 0 Å². The number of hydrogen-bond acceptors (Lipinski definition) is 7. The number of amides is 1. The van der Waals surface area contributed by atoms with E-state index in [0.29, 0.717) is 16.8 Å². The summed E-state index contributed by atoms with van der Waals surface area (Å²) in [5.41, 5.74) is 1.02. The molecule has 0 aliphatic heterocycles. The van der Waals surface area contributed by atoms with Crippen LogP contribution in [-0.4, -0.2) is 38.0 Å². The van der Waals surface area contributed by atoms with Crippen LogP contribution < -0.4 is 10.1 Å². The minimum Gasteiger partial charge on any atom is -0.493 e. The third kappa shape index (κ3) is 6.19. The van der Waals surface area contributed by atoms with Gasteiger partial charge in [0, 0.05) is 29.6 Å². The van der Waals surface area contributed by atoms with E-state index < -0.39 is 0 Å². The number of anilines is 1. The molecule has 2 aromatic heterocycles. The molecule has 154 valence electrons. The van der Waals surface area contributed by atoms with Crippen LogP contribution in [0.1, 0.15) is 24.7 Å². The van der Waals surface area contributed by atoms with Crippen molar-refractivity contribution in [3.8, 4) is 5.75 Å². The molecule has 0 aliphatic carbocycles. The lowest BCUT2D eigenvalue weighted by molar-refractivity contribution is -0.113. The maximum atomic E-state index is 12.0. The van der Waals surface area contributed by atoms with Crippen molar-refractivity contribution < 1.29 is 9.53 Å². The number of thiazole rings is 1. The van der Waals surface area contributed by atoms with Crippen molar-refractivity contribution in [1.82, 2.24) is 19.7 Å². The van der Waals surface area contributed by atoms with Crippen LogP contribution in [0.4, 0.5) is 5.13 Å². The summed E-state index contributed by atoms with van der Waals surface area (Å²) in [6, 6.07) is 5.60. The third-order valence-electron chi connectivity index (χ3n) is 4.06. The van der Waals surface area contributed by atoms with Crippen LogP contribution in [0.3, 0.4) is 0 Å². The number of benzene rings is 1. The molecule has 1 amide bonds. The molecule has 3 rings (SSSR count). The van der Waals surface area contributed by atoms with Crippen LogP contribution in [0.2, 0.25) is 5.02 Å². The number of rotatable bonds is 10. The number of aryl methyl sites for hydroxylation is 2. The highest BCUT2D eigenvalue weighted by Gasteiger charge is 2.13. The van der Waals surface area contributed by atoms with E-state index in [-0.39, 0.29) is 11.7 Å². The first kappa shape index (κ1) is 21.6. The molecule has 0 radical (unpaired) electrons. The first-order chi connectivity index (χ1) is 14.1. The van der Waals surface area contributed by atoms with E-state index in [1.165, 1.54) is 23.1 Å². The van der Waals surface area contributed by atoms with Crippen molar-refractivity contribution in [3.05, 3.63) is 46.2 Å². The molecule has 1 aromatic carbocycles. The van der Waals surface area contributed by atoms with Crippen molar-refractivity contribution in [2.45, 2.75) is 38.4 Å². The summed E-state index contributed by atoms with van der Waals surface area (Å²) in [4.78, 5) is 16.1. The fourth-order valence-corrected chi connectivity index (χ4v) is 4.28. The number of hydrogen-bond donors (Lipinski definition) is 1.